The highest BCUT2D eigenvalue weighted by Crippen LogP contribution is 2.30. The van der Waals surface area contributed by atoms with Gasteiger partial charge < -0.3 is 14.5 Å². The lowest BCUT2D eigenvalue weighted by Gasteiger charge is -2.40. The molecule has 6 heteroatoms. The Labute approximate surface area is 129 Å². The van der Waals surface area contributed by atoms with Crippen molar-refractivity contribution in [2.75, 3.05) is 26.7 Å². The van der Waals surface area contributed by atoms with E-state index in [0.29, 0.717) is 18.7 Å². The smallest absolute Gasteiger partial charge is 0.254 e. The number of nitrogens with zero attached hydrogens (tertiary/aromatic N) is 2. The van der Waals surface area contributed by atoms with Crippen molar-refractivity contribution in [3.05, 3.63) is 35.6 Å². The first kappa shape index (κ1) is 16.4. The molecule has 1 aliphatic rings. The zero-order valence-electron chi connectivity index (χ0n) is 13.1. The van der Waals surface area contributed by atoms with Gasteiger partial charge in [0.2, 0.25) is 5.91 Å². The average molecular weight is 308 g/mol. The number of hydrogen-bond acceptors (Lipinski definition) is 3. The topological polar surface area (TPSA) is 49.9 Å². The van der Waals surface area contributed by atoms with Crippen LogP contribution in [0.25, 0.3) is 0 Å². The van der Waals surface area contributed by atoms with Gasteiger partial charge in [-0.3, -0.25) is 9.59 Å². The van der Waals surface area contributed by atoms with E-state index in [4.69, 9.17) is 4.74 Å². The maximum absolute atomic E-state index is 13.1. The van der Waals surface area contributed by atoms with Crippen LogP contribution in [0.5, 0.6) is 0 Å². The van der Waals surface area contributed by atoms with E-state index < -0.39 is 12.1 Å². The number of halogens is 1. The van der Waals surface area contributed by atoms with Gasteiger partial charge in [0.1, 0.15) is 12.4 Å². The van der Waals surface area contributed by atoms with Crippen LogP contribution in [-0.4, -0.2) is 54.5 Å². The Kier molecular flexibility index (Phi) is 5.13. The molecule has 2 rings (SSSR count). The largest absolute Gasteiger partial charge is 0.356 e. The van der Waals surface area contributed by atoms with Gasteiger partial charge >= 0.3 is 0 Å². The van der Waals surface area contributed by atoms with E-state index in [-0.39, 0.29) is 24.2 Å². The molecule has 1 aliphatic heterocycles. The Hall–Kier alpha value is -1.95. The molecule has 0 aromatic heterocycles. The monoisotopic (exact) mass is 308 g/mol. The van der Waals surface area contributed by atoms with Gasteiger partial charge in [-0.1, -0.05) is 12.1 Å². The molecule has 0 unspecified atom stereocenters. The van der Waals surface area contributed by atoms with Crippen molar-refractivity contribution in [2.24, 2.45) is 0 Å². The molecule has 0 aliphatic carbocycles. The van der Waals surface area contributed by atoms with Gasteiger partial charge in [-0.05, 0) is 31.5 Å². The van der Waals surface area contributed by atoms with Gasteiger partial charge in [0.05, 0.1) is 6.04 Å². The molecule has 22 heavy (non-hydrogen) atoms. The predicted octanol–water partition coefficient (Wildman–Crippen LogP) is 1.59. The summed E-state index contributed by atoms with van der Waals surface area (Å²) in [6, 6.07) is 5.26. The lowest BCUT2D eigenvalue weighted by molar-refractivity contribution is -0.167. The Morgan fingerprint density at radius 3 is 2.45 bits per heavy atom. The molecule has 0 radical (unpaired) electrons. The second-order valence-electron chi connectivity index (χ2n) is 5.24. The lowest BCUT2D eigenvalue weighted by Crippen LogP contribution is -2.53. The number of amides is 2. The van der Waals surface area contributed by atoms with E-state index in [9.17, 15) is 14.0 Å². The molecular formula is C16H21FN2O3. The summed E-state index contributed by atoms with van der Waals surface area (Å²) in [7, 11) is 1.64. The van der Waals surface area contributed by atoms with Crippen molar-refractivity contribution in [1.29, 1.82) is 0 Å². The number of likely N-dealkylation sites (N-methyl/N-ethyl adjacent to an activating group) is 2. The van der Waals surface area contributed by atoms with Gasteiger partial charge in [-0.2, -0.15) is 0 Å². The third kappa shape index (κ3) is 3.11. The van der Waals surface area contributed by atoms with Crippen molar-refractivity contribution >= 4 is 11.8 Å². The Bertz CT molecular complexity index is 543. The minimum atomic E-state index is -0.770. The third-order valence-electron chi connectivity index (χ3n) is 4.01. The fourth-order valence-electron chi connectivity index (χ4n) is 2.69. The van der Waals surface area contributed by atoms with Gasteiger partial charge in [0, 0.05) is 20.1 Å². The minimum absolute atomic E-state index is 0.119. The Morgan fingerprint density at radius 2 is 1.91 bits per heavy atom. The van der Waals surface area contributed by atoms with Crippen LogP contribution in [-0.2, 0) is 14.3 Å². The molecule has 120 valence electrons. The zero-order chi connectivity index (χ0) is 16.3. The first-order chi connectivity index (χ1) is 10.5. The number of hydrogen-bond donors (Lipinski definition) is 0. The first-order valence-corrected chi connectivity index (χ1v) is 7.41. The number of carbonyl (C=O) groups is 2. The van der Waals surface area contributed by atoms with E-state index in [2.05, 4.69) is 0 Å². The summed E-state index contributed by atoms with van der Waals surface area (Å²) >= 11 is 0. The van der Waals surface area contributed by atoms with Gasteiger partial charge in [-0.25, -0.2) is 4.39 Å². The van der Waals surface area contributed by atoms with Crippen LogP contribution in [0.2, 0.25) is 0 Å². The van der Waals surface area contributed by atoms with Crippen LogP contribution in [0.1, 0.15) is 25.5 Å². The van der Waals surface area contributed by atoms with Crippen molar-refractivity contribution in [2.45, 2.75) is 26.0 Å². The molecule has 1 saturated heterocycles. The molecule has 2 atom stereocenters. The van der Waals surface area contributed by atoms with Crippen LogP contribution in [0.15, 0.2) is 24.3 Å². The lowest BCUT2D eigenvalue weighted by atomic mass is 9.97. The predicted molar refractivity (Wildman–Crippen MR) is 79.6 cm³/mol. The molecule has 2 amide bonds. The van der Waals surface area contributed by atoms with Gasteiger partial charge in [0.25, 0.3) is 5.91 Å². The van der Waals surface area contributed by atoms with Crippen LogP contribution in [0.3, 0.4) is 0 Å². The Morgan fingerprint density at radius 1 is 1.32 bits per heavy atom. The highest BCUT2D eigenvalue weighted by Gasteiger charge is 2.41. The number of ether oxygens (including phenoxy) is 1. The highest BCUT2D eigenvalue weighted by molar-refractivity contribution is 5.86. The molecule has 1 aromatic rings. The summed E-state index contributed by atoms with van der Waals surface area (Å²) in [5.74, 6) is -0.710. The summed E-state index contributed by atoms with van der Waals surface area (Å²) in [5.41, 5.74) is 0.683. The summed E-state index contributed by atoms with van der Waals surface area (Å²) in [6.45, 7) is 4.82. The number of morpholine rings is 1. The molecule has 5 nitrogen and oxygen atoms in total. The van der Waals surface area contributed by atoms with Crippen molar-refractivity contribution in [3.8, 4) is 0 Å². The standard InChI is InChI=1S/C16H21FN2O3/c1-4-19(5-2)16(21)15-14(18(3)13(20)10-22-15)11-6-8-12(17)9-7-11/h6-9,14-15H,4-5,10H2,1-3H3/t14-,15-/m0/s1. The maximum atomic E-state index is 13.1. The second-order valence-corrected chi connectivity index (χ2v) is 5.24. The van der Waals surface area contributed by atoms with Gasteiger partial charge in [0.15, 0.2) is 6.10 Å². The molecule has 0 spiro atoms. The van der Waals surface area contributed by atoms with E-state index >= 15 is 0 Å². The fourth-order valence-corrected chi connectivity index (χ4v) is 2.69. The molecule has 1 aromatic carbocycles. The number of benzene rings is 1. The van der Waals surface area contributed by atoms with E-state index in [1.165, 1.54) is 17.0 Å². The summed E-state index contributed by atoms with van der Waals surface area (Å²) < 4.78 is 18.7. The van der Waals surface area contributed by atoms with Crippen LogP contribution in [0.4, 0.5) is 4.39 Å². The fraction of sp³-hybridized carbons (Fsp3) is 0.500. The average Bonchev–Trinajstić information content (AvgIpc) is 2.52. The Balaban J connectivity index is 2.35. The second kappa shape index (κ2) is 6.87. The summed E-state index contributed by atoms with van der Waals surface area (Å²) in [4.78, 5) is 27.8. The number of rotatable bonds is 4. The van der Waals surface area contributed by atoms with E-state index in [1.807, 2.05) is 13.8 Å². The quantitative estimate of drug-likeness (QED) is 0.849. The van der Waals surface area contributed by atoms with E-state index in [1.54, 1.807) is 24.1 Å². The van der Waals surface area contributed by atoms with Crippen molar-refractivity contribution < 1.29 is 18.7 Å². The summed E-state index contributed by atoms with van der Waals surface area (Å²) in [5, 5.41) is 0. The molecular weight excluding hydrogens is 287 g/mol. The third-order valence-corrected chi connectivity index (χ3v) is 4.01. The van der Waals surface area contributed by atoms with Crippen LogP contribution < -0.4 is 0 Å². The van der Waals surface area contributed by atoms with Crippen molar-refractivity contribution in [3.63, 3.8) is 0 Å². The zero-order valence-corrected chi connectivity index (χ0v) is 13.1. The van der Waals surface area contributed by atoms with Crippen LogP contribution in [0, 0.1) is 5.82 Å². The van der Waals surface area contributed by atoms with Crippen molar-refractivity contribution in [1.82, 2.24) is 9.80 Å². The molecule has 0 bridgehead atoms. The molecule has 0 saturated carbocycles. The van der Waals surface area contributed by atoms with Gasteiger partial charge in [-0.15, -0.1) is 0 Å². The first-order valence-electron chi connectivity index (χ1n) is 7.41. The SMILES string of the molecule is CCN(CC)C(=O)[C@H]1OCC(=O)N(C)[C@H]1c1ccc(F)cc1. The number of carbonyl (C=O) groups excluding carboxylic acids is 2. The highest BCUT2D eigenvalue weighted by atomic mass is 19.1. The minimum Gasteiger partial charge on any atom is -0.356 e. The van der Waals surface area contributed by atoms with E-state index in [0.717, 1.165) is 0 Å². The van der Waals surface area contributed by atoms with Crippen LogP contribution >= 0.6 is 0 Å². The molecule has 0 N–H and O–H groups in total. The summed E-state index contributed by atoms with van der Waals surface area (Å²) in [6.07, 6.45) is -0.770. The normalized spacial score (nSPS) is 21.8. The molecule has 1 fully saturated rings. The maximum Gasteiger partial charge on any atom is 0.254 e. The molecule has 1 heterocycles.